The van der Waals surface area contributed by atoms with Crippen LogP contribution >= 0.6 is 15.9 Å². The second-order valence-corrected chi connectivity index (χ2v) is 4.24. The molecule has 1 N–H and O–H groups in total. The van der Waals surface area contributed by atoms with E-state index >= 15 is 0 Å². The molecule has 94 valence electrons. The van der Waals surface area contributed by atoms with Gasteiger partial charge in [0.1, 0.15) is 5.69 Å². The van der Waals surface area contributed by atoms with E-state index in [1.165, 1.54) is 25.3 Å². The van der Waals surface area contributed by atoms with Gasteiger partial charge in [-0.2, -0.15) is 5.10 Å². The highest BCUT2D eigenvalue weighted by Crippen LogP contribution is 2.27. The van der Waals surface area contributed by atoms with Gasteiger partial charge in [0.2, 0.25) is 0 Å². The van der Waals surface area contributed by atoms with Crippen molar-refractivity contribution in [2.75, 3.05) is 7.11 Å². The van der Waals surface area contributed by atoms with Crippen molar-refractivity contribution in [3.8, 4) is 11.3 Å². The van der Waals surface area contributed by atoms with Crippen LogP contribution in [0.1, 0.15) is 10.5 Å². The Morgan fingerprint density at radius 3 is 2.78 bits per heavy atom. The van der Waals surface area contributed by atoms with E-state index < -0.39 is 17.6 Å². The molecule has 1 aromatic carbocycles. The number of ether oxygens (including phenoxy) is 1. The lowest BCUT2D eigenvalue weighted by Crippen LogP contribution is -2.00. The Morgan fingerprint density at radius 1 is 1.39 bits per heavy atom. The number of carbonyl (C=O) groups is 1. The third-order valence-electron chi connectivity index (χ3n) is 2.29. The van der Waals surface area contributed by atoms with E-state index in [0.717, 1.165) is 0 Å². The van der Waals surface area contributed by atoms with Gasteiger partial charge in [0.25, 0.3) is 0 Å². The number of halogens is 3. The summed E-state index contributed by atoms with van der Waals surface area (Å²) in [6.07, 6.45) is 0. The monoisotopic (exact) mass is 316 g/mol. The molecule has 0 bridgehead atoms. The standard InChI is InChI=1S/C11H7BrF2N2O2/c1-18-11(17)8-4-7(15-16-8)5-2-3-6(12)10(14)9(5)13/h2-4H,1H3,(H,15,16). The van der Waals surface area contributed by atoms with Crippen LogP contribution in [0, 0.1) is 11.6 Å². The number of hydrogen-bond acceptors (Lipinski definition) is 3. The third-order valence-corrected chi connectivity index (χ3v) is 2.91. The zero-order valence-electron chi connectivity index (χ0n) is 9.13. The highest BCUT2D eigenvalue weighted by Gasteiger charge is 2.17. The van der Waals surface area contributed by atoms with Crippen LogP contribution in [0.2, 0.25) is 0 Å². The number of benzene rings is 1. The number of esters is 1. The average Bonchev–Trinajstić information content (AvgIpc) is 2.84. The molecular formula is C11H7BrF2N2O2. The van der Waals surface area contributed by atoms with Crippen LogP contribution in [0.25, 0.3) is 11.3 Å². The Balaban J connectivity index is 2.47. The molecule has 0 unspecified atom stereocenters. The largest absolute Gasteiger partial charge is 0.464 e. The van der Waals surface area contributed by atoms with E-state index in [2.05, 4.69) is 30.9 Å². The Bertz CT molecular complexity index is 613. The third kappa shape index (κ3) is 2.13. The summed E-state index contributed by atoms with van der Waals surface area (Å²) in [5.41, 5.74) is 0.150. The van der Waals surface area contributed by atoms with E-state index in [1.54, 1.807) is 0 Å². The molecule has 0 amide bonds. The van der Waals surface area contributed by atoms with Crippen LogP contribution in [-0.2, 0) is 4.74 Å². The maximum Gasteiger partial charge on any atom is 0.356 e. The number of aromatic amines is 1. The van der Waals surface area contributed by atoms with Crippen molar-refractivity contribution in [3.63, 3.8) is 0 Å². The average molecular weight is 317 g/mol. The molecule has 7 heteroatoms. The summed E-state index contributed by atoms with van der Waals surface area (Å²) in [6.45, 7) is 0. The molecule has 4 nitrogen and oxygen atoms in total. The molecule has 18 heavy (non-hydrogen) atoms. The van der Waals surface area contributed by atoms with Crippen LogP contribution < -0.4 is 0 Å². The first kappa shape index (κ1) is 12.7. The first-order valence-corrected chi connectivity index (χ1v) is 5.61. The van der Waals surface area contributed by atoms with Crippen LogP contribution in [0.5, 0.6) is 0 Å². The zero-order valence-corrected chi connectivity index (χ0v) is 10.7. The number of rotatable bonds is 2. The lowest BCUT2D eigenvalue weighted by Gasteiger charge is -2.01. The first-order chi connectivity index (χ1) is 8.54. The van der Waals surface area contributed by atoms with Gasteiger partial charge >= 0.3 is 5.97 Å². The van der Waals surface area contributed by atoms with E-state index in [-0.39, 0.29) is 21.4 Å². The van der Waals surface area contributed by atoms with Gasteiger partial charge in [-0.3, -0.25) is 5.10 Å². The quantitative estimate of drug-likeness (QED) is 0.684. The lowest BCUT2D eigenvalue weighted by molar-refractivity contribution is 0.0594. The summed E-state index contributed by atoms with van der Waals surface area (Å²) < 4.78 is 31.5. The van der Waals surface area contributed by atoms with Gasteiger partial charge in [-0.1, -0.05) is 0 Å². The molecule has 0 saturated heterocycles. The van der Waals surface area contributed by atoms with Gasteiger partial charge in [0.05, 0.1) is 17.3 Å². The van der Waals surface area contributed by atoms with Gasteiger partial charge in [-0.05, 0) is 34.1 Å². The number of nitrogens with zero attached hydrogens (tertiary/aromatic N) is 1. The number of aromatic nitrogens is 2. The molecule has 0 radical (unpaired) electrons. The van der Waals surface area contributed by atoms with Gasteiger partial charge in [0, 0.05) is 5.56 Å². The fourth-order valence-electron chi connectivity index (χ4n) is 1.40. The Hall–Kier alpha value is -1.76. The molecular weight excluding hydrogens is 310 g/mol. The zero-order chi connectivity index (χ0) is 13.3. The summed E-state index contributed by atoms with van der Waals surface area (Å²) in [5.74, 6) is -2.67. The van der Waals surface area contributed by atoms with Gasteiger partial charge in [-0.25, -0.2) is 13.6 Å². The Kier molecular flexibility index (Phi) is 3.42. The van der Waals surface area contributed by atoms with E-state index in [4.69, 9.17) is 0 Å². The van der Waals surface area contributed by atoms with Crippen LogP contribution in [-0.4, -0.2) is 23.3 Å². The molecule has 0 saturated carbocycles. The smallest absolute Gasteiger partial charge is 0.356 e. The van der Waals surface area contributed by atoms with Crippen molar-refractivity contribution in [1.29, 1.82) is 0 Å². The van der Waals surface area contributed by atoms with Crippen LogP contribution in [0.4, 0.5) is 8.78 Å². The molecule has 0 aliphatic carbocycles. The maximum absolute atomic E-state index is 13.7. The Labute approximate surface area is 109 Å². The Morgan fingerprint density at radius 2 is 2.11 bits per heavy atom. The summed E-state index contributed by atoms with van der Waals surface area (Å²) >= 11 is 2.88. The summed E-state index contributed by atoms with van der Waals surface area (Å²) in [6, 6.07) is 4.01. The van der Waals surface area contributed by atoms with Crippen molar-refractivity contribution in [2.24, 2.45) is 0 Å². The number of H-pyrrole nitrogens is 1. The van der Waals surface area contributed by atoms with E-state index in [0.29, 0.717) is 0 Å². The molecule has 2 aromatic rings. The molecule has 0 aliphatic rings. The van der Waals surface area contributed by atoms with Gasteiger partial charge < -0.3 is 4.74 Å². The summed E-state index contributed by atoms with van der Waals surface area (Å²) in [5, 5.41) is 6.13. The van der Waals surface area contributed by atoms with Crippen molar-refractivity contribution in [2.45, 2.75) is 0 Å². The van der Waals surface area contributed by atoms with E-state index in [1.807, 2.05) is 0 Å². The topological polar surface area (TPSA) is 55.0 Å². The minimum absolute atomic E-state index is 0.0208. The highest BCUT2D eigenvalue weighted by atomic mass is 79.9. The van der Waals surface area contributed by atoms with Crippen molar-refractivity contribution in [3.05, 3.63) is 40.0 Å². The minimum atomic E-state index is -1.03. The van der Waals surface area contributed by atoms with Crippen LogP contribution in [0.15, 0.2) is 22.7 Å². The first-order valence-electron chi connectivity index (χ1n) is 4.82. The SMILES string of the molecule is COC(=O)c1cc(-c2ccc(Br)c(F)c2F)n[nH]1. The molecule has 1 aromatic heterocycles. The predicted octanol–water partition coefficient (Wildman–Crippen LogP) is 2.90. The molecule has 2 rings (SSSR count). The second kappa shape index (κ2) is 4.85. The lowest BCUT2D eigenvalue weighted by atomic mass is 10.1. The number of nitrogens with one attached hydrogen (secondary N) is 1. The second-order valence-electron chi connectivity index (χ2n) is 3.38. The normalized spacial score (nSPS) is 10.4. The minimum Gasteiger partial charge on any atom is -0.464 e. The number of carbonyl (C=O) groups excluding carboxylic acids is 1. The fraction of sp³-hybridized carbons (Fsp3) is 0.0909. The van der Waals surface area contributed by atoms with Crippen molar-refractivity contribution < 1.29 is 18.3 Å². The molecule has 1 heterocycles. The van der Waals surface area contributed by atoms with Crippen molar-refractivity contribution in [1.82, 2.24) is 10.2 Å². The molecule has 0 aliphatic heterocycles. The molecule has 0 atom stereocenters. The van der Waals surface area contributed by atoms with Crippen LogP contribution in [0.3, 0.4) is 0 Å². The van der Waals surface area contributed by atoms with E-state index in [9.17, 15) is 13.6 Å². The summed E-state index contributed by atoms with van der Waals surface area (Å²) in [7, 11) is 1.21. The van der Waals surface area contributed by atoms with Crippen molar-refractivity contribution >= 4 is 21.9 Å². The highest BCUT2D eigenvalue weighted by molar-refractivity contribution is 9.10. The number of hydrogen-bond donors (Lipinski definition) is 1. The maximum atomic E-state index is 13.7. The summed E-state index contributed by atoms with van der Waals surface area (Å²) in [4.78, 5) is 11.2. The molecule has 0 spiro atoms. The predicted molar refractivity (Wildman–Crippen MR) is 63.0 cm³/mol. The molecule has 0 fully saturated rings. The van der Waals surface area contributed by atoms with Gasteiger partial charge in [-0.15, -0.1) is 0 Å². The van der Waals surface area contributed by atoms with Gasteiger partial charge in [0.15, 0.2) is 11.6 Å². The number of methoxy groups -OCH3 is 1. The fourth-order valence-corrected chi connectivity index (χ4v) is 1.70.